The van der Waals surface area contributed by atoms with E-state index in [9.17, 15) is 9.59 Å². The standard InChI is InChI=1S/C28H26O6/c1-4-18-8-15-24-23(16-18)25(29)27(26(34-24)20-11-13-22(31-3)14-12-20)33-17-19-6-9-21(10-7-19)28(30)32-5-2/h6-16H,4-5,17H2,1-3H3. The van der Waals surface area contributed by atoms with Crippen LogP contribution in [-0.2, 0) is 17.8 Å². The van der Waals surface area contributed by atoms with Crippen LogP contribution in [0.1, 0.15) is 35.3 Å². The van der Waals surface area contributed by atoms with Crippen LogP contribution in [0.4, 0.5) is 0 Å². The number of hydrogen-bond acceptors (Lipinski definition) is 6. The highest BCUT2D eigenvalue weighted by atomic mass is 16.5. The van der Waals surface area contributed by atoms with Gasteiger partial charge in [-0.3, -0.25) is 4.79 Å². The molecule has 0 bridgehead atoms. The molecule has 0 amide bonds. The number of methoxy groups -OCH3 is 1. The van der Waals surface area contributed by atoms with Crippen molar-refractivity contribution in [1.29, 1.82) is 0 Å². The highest BCUT2D eigenvalue weighted by Crippen LogP contribution is 2.32. The number of ether oxygens (including phenoxy) is 3. The fourth-order valence-corrected chi connectivity index (χ4v) is 3.62. The highest BCUT2D eigenvalue weighted by Gasteiger charge is 2.18. The molecule has 0 spiro atoms. The second kappa shape index (κ2) is 10.3. The molecule has 6 heteroatoms. The van der Waals surface area contributed by atoms with E-state index in [1.807, 2.05) is 37.3 Å². The smallest absolute Gasteiger partial charge is 0.338 e. The first-order valence-corrected chi connectivity index (χ1v) is 11.2. The lowest BCUT2D eigenvalue weighted by Crippen LogP contribution is -2.11. The molecule has 0 radical (unpaired) electrons. The van der Waals surface area contributed by atoms with Gasteiger partial charge in [0.15, 0.2) is 5.76 Å². The summed E-state index contributed by atoms with van der Waals surface area (Å²) in [6.07, 6.45) is 0.804. The van der Waals surface area contributed by atoms with Crippen LogP contribution >= 0.6 is 0 Å². The quantitative estimate of drug-likeness (QED) is 0.311. The van der Waals surface area contributed by atoms with E-state index in [0.29, 0.717) is 40.2 Å². The van der Waals surface area contributed by atoms with E-state index < -0.39 is 0 Å². The zero-order chi connectivity index (χ0) is 24.1. The van der Waals surface area contributed by atoms with Gasteiger partial charge in [-0.2, -0.15) is 0 Å². The SMILES string of the molecule is CCOC(=O)c1ccc(COc2c(-c3ccc(OC)cc3)oc3ccc(CC)cc3c2=O)cc1. The summed E-state index contributed by atoms with van der Waals surface area (Å²) >= 11 is 0. The summed E-state index contributed by atoms with van der Waals surface area (Å²) < 4.78 is 22.5. The number of carbonyl (C=O) groups excluding carboxylic acids is 1. The Morgan fingerprint density at radius 1 is 0.912 bits per heavy atom. The normalized spacial score (nSPS) is 10.8. The van der Waals surface area contributed by atoms with Crippen molar-refractivity contribution in [3.05, 3.63) is 93.6 Å². The van der Waals surface area contributed by atoms with Gasteiger partial charge in [-0.25, -0.2) is 4.79 Å². The van der Waals surface area contributed by atoms with E-state index in [4.69, 9.17) is 18.6 Å². The molecule has 6 nitrogen and oxygen atoms in total. The molecule has 3 aromatic carbocycles. The Hall–Kier alpha value is -4.06. The average molecular weight is 459 g/mol. The maximum Gasteiger partial charge on any atom is 0.338 e. The van der Waals surface area contributed by atoms with Gasteiger partial charge in [0.05, 0.1) is 24.7 Å². The van der Waals surface area contributed by atoms with E-state index >= 15 is 0 Å². The third kappa shape index (κ3) is 4.81. The molecule has 0 aliphatic heterocycles. The van der Waals surface area contributed by atoms with E-state index in [2.05, 4.69) is 0 Å². The lowest BCUT2D eigenvalue weighted by molar-refractivity contribution is 0.0526. The minimum Gasteiger partial charge on any atom is -0.497 e. The number of hydrogen-bond donors (Lipinski definition) is 0. The molecule has 0 saturated carbocycles. The van der Waals surface area contributed by atoms with Crippen molar-refractivity contribution in [2.45, 2.75) is 26.9 Å². The van der Waals surface area contributed by atoms with Crippen molar-refractivity contribution in [3.8, 4) is 22.8 Å². The van der Waals surface area contributed by atoms with Gasteiger partial charge >= 0.3 is 5.97 Å². The van der Waals surface area contributed by atoms with Gasteiger partial charge < -0.3 is 18.6 Å². The van der Waals surface area contributed by atoms with Gasteiger partial charge in [-0.1, -0.05) is 25.1 Å². The first-order valence-electron chi connectivity index (χ1n) is 11.2. The molecule has 174 valence electrons. The van der Waals surface area contributed by atoms with Crippen molar-refractivity contribution in [3.63, 3.8) is 0 Å². The zero-order valence-corrected chi connectivity index (χ0v) is 19.4. The van der Waals surface area contributed by atoms with E-state index in [1.165, 1.54) is 0 Å². The van der Waals surface area contributed by atoms with Gasteiger partial charge in [-0.05, 0) is 73.0 Å². The van der Waals surface area contributed by atoms with Crippen LogP contribution in [0.3, 0.4) is 0 Å². The second-order valence-corrected chi connectivity index (χ2v) is 7.71. The molecular formula is C28H26O6. The third-order valence-corrected chi connectivity index (χ3v) is 5.52. The minimum atomic E-state index is -0.376. The van der Waals surface area contributed by atoms with Crippen molar-refractivity contribution in [2.75, 3.05) is 13.7 Å². The Balaban J connectivity index is 1.72. The lowest BCUT2D eigenvalue weighted by atomic mass is 10.1. The Bertz CT molecular complexity index is 1350. The molecule has 4 aromatic rings. The van der Waals surface area contributed by atoms with E-state index in [1.54, 1.807) is 50.4 Å². The van der Waals surface area contributed by atoms with Crippen molar-refractivity contribution in [2.24, 2.45) is 0 Å². The third-order valence-electron chi connectivity index (χ3n) is 5.52. The Labute approximate surface area is 197 Å². The van der Waals surface area contributed by atoms with Crippen LogP contribution in [0.2, 0.25) is 0 Å². The molecule has 0 unspecified atom stereocenters. The van der Waals surface area contributed by atoms with E-state index in [-0.39, 0.29) is 23.8 Å². The molecule has 4 rings (SSSR count). The van der Waals surface area contributed by atoms with Crippen LogP contribution in [-0.4, -0.2) is 19.7 Å². The van der Waals surface area contributed by atoms with Crippen LogP contribution < -0.4 is 14.9 Å². The van der Waals surface area contributed by atoms with Crippen LogP contribution in [0.25, 0.3) is 22.3 Å². The summed E-state index contributed by atoms with van der Waals surface area (Å²) in [7, 11) is 1.60. The van der Waals surface area contributed by atoms with Crippen LogP contribution in [0, 0.1) is 0 Å². The molecular weight excluding hydrogens is 432 g/mol. The highest BCUT2D eigenvalue weighted by molar-refractivity contribution is 5.89. The van der Waals surface area contributed by atoms with Gasteiger partial charge in [0.25, 0.3) is 0 Å². The van der Waals surface area contributed by atoms with Gasteiger partial charge in [0.2, 0.25) is 11.2 Å². The average Bonchev–Trinajstić information content (AvgIpc) is 2.88. The lowest BCUT2D eigenvalue weighted by Gasteiger charge is -2.13. The number of rotatable bonds is 8. The topological polar surface area (TPSA) is 75.0 Å². The fourth-order valence-electron chi connectivity index (χ4n) is 3.62. The Kier molecular flexibility index (Phi) is 6.97. The predicted molar refractivity (Wildman–Crippen MR) is 131 cm³/mol. The summed E-state index contributed by atoms with van der Waals surface area (Å²) in [5.41, 5.74) is 3.27. The number of carbonyl (C=O) groups is 1. The molecule has 0 atom stereocenters. The van der Waals surface area contributed by atoms with Gasteiger partial charge in [0.1, 0.15) is 17.9 Å². The summed E-state index contributed by atoms with van der Waals surface area (Å²) in [4.78, 5) is 25.4. The summed E-state index contributed by atoms with van der Waals surface area (Å²) in [5.74, 6) is 0.815. The molecule has 34 heavy (non-hydrogen) atoms. The minimum absolute atomic E-state index is 0.135. The first kappa shape index (κ1) is 23.1. The summed E-state index contributed by atoms with van der Waals surface area (Å²) in [6, 6.07) is 19.8. The Morgan fingerprint density at radius 3 is 2.26 bits per heavy atom. The van der Waals surface area contributed by atoms with Gasteiger partial charge in [-0.15, -0.1) is 0 Å². The molecule has 0 saturated heterocycles. The predicted octanol–water partition coefficient (Wildman–Crippen LogP) is 5.79. The molecule has 1 heterocycles. The summed E-state index contributed by atoms with van der Waals surface area (Å²) in [5, 5.41) is 0.476. The van der Waals surface area contributed by atoms with Gasteiger partial charge in [0, 0.05) is 5.56 Å². The molecule has 1 aromatic heterocycles. The Morgan fingerprint density at radius 2 is 1.62 bits per heavy atom. The maximum atomic E-state index is 13.5. The van der Waals surface area contributed by atoms with E-state index in [0.717, 1.165) is 17.5 Å². The van der Waals surface area contributed by atoms with Crippen LogP contribution in [0.5, 0.6) is 11.5 Å². The number of esters is 1. The van der Waals surface area contributed by atoms with Crippen LogP contribution in [0.15, 0.2) is 75.9 Å². The zero-order valence-electron chi connectivity index (χ0n) is 19.4. The molecule has 0 aliphatic rings. The van der Waals surface area contributed by atoms with Crippen molar-refractivity contribution >= 4 is 16.9 Å². The molecule has 0 aliphatic carbocycles. The number of fused-ring (bicyclic) bond motifs is 1. The van der Waals surface area contributed by atoms with Crippen molar-refractivity contribution < 1.29 is 23.4 Å². The molecule has 0 fully saturated rings. The summed E-state index contributed by atoms with van der Waals surface area (Å²) in [6.45, 7) is 4.25. The number of benzene rings is 3. The second-order valence-electron chi connectivity index (χ2n) is 7.71. The van der Waals surface area contributed by atoms with Crippen molar-refractivity contribution in [1.82, 2.24) is 0 Å². The largest absolute Gasteiger partial charge is 0.497 e. The number of aryl methyl sites for hydroxylation is 1. The first-order chi connectivity index (χ1) is 16.5. The monoisotopic (exact) mass is 458 g/mol. The molecule has 0 N–H and O–H groups in total. The maximum absolute atomic E-state index is 13.5. The fraction of sp³-hybridized carbons (Fsp3) is 0.214.